The Morgan fingerprint density at radius 2 is 1.94 bits per heavy atom. The highest BCUT2D eigenvalue weighted by Crippen LogP contribution is 2.17. The first-order valence-corrected chi connectivity index (χ1v) is 7.29. The second-order valence-corrected chi connectivity index (χ2v) is 6.20. The molecule has 90 valence electrons. The standard InChI is InChI=1S/C11H17NO3S/c1-2-8-16(14,15)9-11(13)12-10-6-4-3-5-7-10/h1,10H,3-9H2,(H,12,13). The van der Waals surface area contributed by atoms with Crippen molar-refractivity contribution in [1.29, 1.82) is 0 Å². The van der Waals surface area contributed by atoms with Crippen LogP contribution < -0.4 is 5.32 Å². The van der Waals surface area contributed by atoms with Crippen LogP contribution in [0.15, 0.2) is 0 Å². The lowest BCUT2D eigenvalue weighted by molar-refractivity contribution is -0.119. The number of terminal acetylenes is 1. The molecule has 1 fully saturated rings. The number of carbonyl (C=O) groups excluding carboxylic acids is 1. The topological polar surface area (TPSA) is 63.2 Å². The Morgan fingerprint density at radius 3 is 2.50 bits per heavy atom. The van der Waals surface area contributed by atoms with E-state index in [2.05, 4.69) is 5.32 Å². The highest BCUT2D eigenvalue weighted by Gasteiger charge is 2.19. The maximum atomic E-state index is 11.4. The summed E-state index contributed by atoms with van der Waals surface area (Å²) in [4.78, 5) is 11.4. The van der Waals surface area contributed by atoms with E-state index in [0.717, 1.165) is 25.7 Å². The summed E-state index contributed by atoms with van der Waals surface area (Å²) in [5.41, 5.74) is 0. The van der Waals surface area contributed by atoms with Gasteiger partial charge in [-0.2, -0.15) is 0 Å². The minimum Gasteiger partial charge on any atom is -0.352 e. The Kier molecular flexibility index (Phi) is 4.81. The largest absolute Gasteiger partial charge is 0.352 e. The van der Waals surface area contributed by atoms with Gasteiger partial charge in [0.2, 0.25) is 5.91 Å². The van der Waals surface area contributed by atoms with Crippen LogP contribution in [-0.2, 0) is 14.6 Å². The van der Waals surface area contributed by atoms with Gasteiger partial charge in [-0.05, 0) is 12.8 Å². The first kappa shape index (κ1) is 13.0. The number of nitrogens with one attached hydrogen (secondary N) is 1. The molecule has 4 nitrogen and oxygen atoms in total. The molecule has 1 N–H and O–H groups in total. The lowest BCUT2D eigenvalue weighted by atomic mass is 9.95. The summed E-state index contributed by atoms with van der Waals surface area (Å²) in [7, 11) is -3.43. The summed E-state index contributed by atoms with van der Waals surface area (Å²) < 4.78 is 22.6. The quantitative estimate of drug-likeness (QED) is 0.731. The average molecular weight is 243 g/mol. The maximum Gasteiger partial charge on any atom is 0.235 e. The average Bonchev–Trinajstić information content (AvgIpc) is 2.17. The van der Waals surface area contributed by atoms with Crippen LogP contribution in [0.3, 0.4) is 0 Å². The number of hydrogen-bond donors (Lipinski definition) is 1. The van der Waals surface area contributed by atoms with E-state index < -0.39 is 21.5 Å². The third-order valence-corrected chi connectivity index (χ3v) is 3.93. The van der Waals surface area contributed by atoms with E-state index in [0.29, 0.717) is 0 Å². The van der Waals surface area contributed by atoms with Crippen molar-refractivity contribution >= 4 is 15.7 Å². The molecule has 0 heterocycles. The molecule has 1 aliphatic carbocycles. The number of sulfone groups is 1. The van der Waals surface area contributed by atoms with Crippen LogP contribution >= 0.6 is 0 Å². The van der Waals surface area contributed by atoms with Crippen molar-refractivity contribution in [1.82, 2.24) is 5.32 Å². The molecule has 0 aromatic heterocycles. The SMILES string of the molecule is C#CCS(=O)(=O)CC(=O)NC1CCCCC1. The van der Waals surface area contributed by atoms with Gasteiger partial charge in [0.25, 0.3) is 0 Å². The Bertz CT molecular complexity index is 375. The van der Waals surface area contributed by atoms with Crippen LogP contribution in [0.5, 0.6) is 0 Å². The summed E-state index contributed by atoms with van der Waals surface area (Å²) in [5, 5.41) is 2.75. The van der Waals surface area contributed by atoms with Crippen molar-refractivity contribution in [3.8, 4) is 12.3 Å². The zero-order valence-electron chi connectivity index (χ0n) is 9.24. The third kappa shape index (κ3) is 4.67. The fourth-order valence-electron chi connectivity index (χ4n) is 1.89. The molecule has 1 saturated carbocycles. The number of carbonyl (C=O) groups is 1. The van der Waals surface area contributed by atoms with E-state index >= 15 is 0 Å². The van der Waals surface area contributed by atoms with Crippen LogP contribution in [0.4, 0.5) is 0 Å². The minimum absolute atomic E-state index is 0.141. The van der Waals surface area contributed by atoms with E-state index in [1.165, 1.54) is 6.42 Å². The van der Waals surface area contributed by atoms with Crippen LogP contribution in [0.25, 0.3) is 0 Å². The maximum absolute atomic E-state index is 11.4. The smallest absolute Gasteiger partial charge is 0.235 e. The molecule has 0 unspecified atom stereocenters. The van der Waals surface area contributed by atoms with Gasteiger partial charge < -0.3 is 5.32 Å². The monoisotopic (exact) mass is 243 g/mol. The van der Waals surface area contributed by atoms with Gasteiger partial charge in [0.1, 0.15) is 11.5 Å². The normalized spacial score (nSPS) is 17.7. The molecule has 0 aliphatic heterocycles. The van der Waals surface area contributed by atoms with Crippen molar-refractivity contribution in [2.75, 3.05) is 11.5 Å². The summed E-state index contributed by atoms with van der Waals surface area (Å²) in [6.45, 7) is 0. The second kappa shape index (κ2) is 5.90. The molecule has 0 aromatic rings. The molecule has 16 heavy (non-hydrogen) atoms. The Labute approximate surface area is 96.7 Å². The van der Waals surface area contributed by atoms with Gasteiger partial charge in [0, 0.05) is 6.04 Å². The van der Waals surface area contributed by atoms with Crippen molar-refractivity contribution < 1.29 is 13.2 Å². The van der Waals surface area contributed by atoms with Gasteiger partial charge in [-0.25, -0.2) is 8.42 Å². The van der Waals surface area contributed by atoms with Crippen LogP contribution in [0, 0.1) is 12.3 Å². The lowest BCUT2D eigenvalue weighted by Gasteiger charge is -2.22. The molecular weight excluding hydrogens is 226 g/mol. The van der Waals surface area contributed by atoms with Gasteiger partial charge in [-0.3, -0.25) is 4.79 Å². The molecule has 0 bridgehead atoms. The van der Waals surface area contributed by atoms with E-state index in [1.807, 2.05) is 5.92 Å². The first-order chi connectivity index (χ1) is 7.53. The Balaban J connectivity index is 2.38. The van der Waals surface area contributed by atoms with Crippen LogP contribution in [0.1, 0.15) is 32.1 Å². The van der Waals surface area contributed by atoms with Crippen molar-refractivity contribution in [3.05, 3.63) is 0 Å². The van der Waals surface area contributed by atoms with Gasteiger partial charge in [0.05, 0.1) is 0 Å². The van der Waals surface area contributed by atoms with Crippen LogP contribution in [-0.4, -0.2) is 31.9 Å². The third-order valence-electron chi connectivity index (χ3n) is 2.62. The fourth-order valence-corrected chi connectivity index (χ4v) is 2.73. The molecule has 0 spiro atoms. The molecule has 0 aromatic carbocycles. The summed E-state index contributed by atoms with van der Waals surface area (Å²) in [6.07, 6.45) is 10.2. The molecule has 0 atom stereocenters. The van der Waals surface area contributed by atoms with Gasteiger partial charge in [-0.1, -0.05) is 25.2 Å². The molecular formula is C11H17NO3S. The molecule has 1 rings (SSSR count). The second-order valence-electron chi connectivity index (χ2n) is 4.14. The number of rotatable bonds is 4. The number of amides is 1. The molecule has 0 saturated heterocycles. The molecule has 0 radical (unpaired) electrons. The molecule has 5 heteroatoms. The zero-order valence-corrected chi connectivity index (χ0v) is 10.1. The van der Waals surface area contributed by atoms with E-state index in [9.17, 15) is 13.2 Å². The first-order valence-electron chi connectivity index (χ1n) is 5.47. The van der Waals surface area contributed by atoms with Crippen molar-refractivity contribution in [2.45, 2.75) is 38.1 Å². The number of hydrogen-bond acceptors (Lipinski definition) is 3. The highest BCUT2D eigenvalue weighted by molar-refractivity contribution is 7.92. The predicted octanol–water partition coefficient (Wildman–Crippen LogP) is 0.483. The Morgan fingerprint density at radius 1 is 1.31 bits per heavy atom. The summed E-state index contributed by atoms with van der Waals surface area (Å²) >= 11 is 0. The summed E-state index contributed by atoms with van der Waals surface area (Å²) in [6, 6.07) is 0.141. The van der Waals surface area contributed by atoms with E-state index in [1.54, 1.807) is 0 Å². The van der Waals surface area contributed by atoms with E-state index in [4.69, 9.17) is 6.42 Å². The summed E-state index contributed by atoms with van der Waals surface area (Å²) in [5.74, 6) is 0.758. The zero-order chi connectivity index (χ0) is 12.0. The van der Waals surface area contributed by atoms with Gasteiger partial charge in [0.15, 0.2) is 9.84 Å². The van der Waals surface area contributed by atoms with Crippen molar-refractivity contribution in [3.63, 3.8) is 0 Å². The fraction of sp³-hybridized carbons (Fsp3) is 0.727. The van der Waals surface area contributed by atoms with Gasteiger partial charge >= 0.3 is 0 Å². The predicted molar refractivity (Wildman–Crippen MR) is 62.5 cm³/mol. The molecule has 1 amide bonds. The van der Waals surface area contributed by atoms with Gasteiger partial charge in [-0.15, -0.1) is 6.42 Å². The van der Waals surface area contributed by atoms with Crippen LogP contribution in [0.2, 0.25) is 0 Å². The van der Waals surface area contributed by atoms with E-state index in [-0.39, 0.29) is 11.8 Å². The highest BCUT2D eigenvalue weighted by atomic mass is 32.2. The van der Waals surface area contributed by atoms with Crippen molar-refractivity contribution in [2.24, 2.45) is 0 Å². The Hall–Kier alpha value is -1.02. The minimum atomic E-state index is -3.43. The lowest BCUT2D eigenvalue weighted by Crippen LogP contribution is -2.39. The molecule has 1 aliphatic rings.